The lowest BCUT2D eigenvalue weighted by molar-refractivity contribution is -0.185. The second-order valence-corrected chi connectivity index (χ2v) is 9.64. The summed E-state index contributed by atoms with van der Waals surface area (Å²) in [6, 6.07) is 14.0. The number of alkyl halides is 2. The fraction of sp³-hybridized carbons (Fsp3) is 0.357. The molecule has 1 nitrogen and oxygen atoms in total. The lowest BCUT2D eigenvalue weighted by Gasteiger charge is -2.26. The average molecular weight is 491 g/mol. The second-order valence-electron chi connectivity index (χ2n) is 9.26. The summed E-state index contributed by atoms with van der Waals surface area (Å²) in [5, 5.41) is -0.602. The third-order valence-electron chi connectivity index (χ3n) is 6.68. The Morgan fingerprint density at radius 1 is 0.853 bits per heavy atom. The first-order valence-electron chi connectivity index (χ1n) is 11.6. The molecule has 180 valence electrons. The van der Waals surface area contributed by atoms with Crippen molar-refractivity contribution in [3.8, 4) is 16.9 Å². The maximum atomic E-state index is 14.7. The monoisotopic (exact) mass is 490 g/mol. The molecule has 0 aliphatic heterocycles. The number of ether oxygens (including phenoxy) is 1. The highest BCUT2D eigenvalue weighted by molar-refractivity contribution is 6.31. The van der Waals surface area contributed by atoms with Crippen LogP contribution >= 0.6 is 11.6 Å². The molecule has 0 amide bonds. The van der Waals surface area contributed by atoms with E-state index in [1.165, 1.54) is 49.9 Å². The standard InChI is InChI=1S/C28H27ClF4O/c1-18-2-4-19(5-3-18)6-7-20-8-14-24(15-9-20)34-28(32,33)23-12-10-21(11-13-23)22-16-25(30)27(29)26(31)17-22/h8-19H,2-7H2,1H3. The van der Waals surface area contributed by atoms with E-state index >= 15 is 0 Å². The first-order chi connectivity index (χ1) is 16.2. The molecule has 6 heteroatoms. The molecular weight excluding hydrogens is 464 g/mol. The Bertz CT molecular complexity index is 1080. The van der Waals surface area contributed by atoms with Gasteiger partial charge in [-0.05, 0) is 77.8 Å². The van der Waals surface area contributed by atoms with E-state index < -0.39 is 22.8 Å². The van der Waals surface area contributed by atoms with Gasteiger partial charge in [0.2, 0.25) is 0 Å². The van der Waals surface area contributed by atoms with Crippen molar-refractivity contribution in [1.82, 2.24) is 0 Å². The SMILES string of the molecule is CC1CCC(CCc2ccc(OC(F)(F)c3ccc(-c4cc(F)c(Cl)c(F)c4)cc3)cc2)CC1. The molecule has 0 heterocycles. The Morgan fingerprint density at radius 2 is 1.44 bits per heavy atom. The molecule has 1 saturated carbocycles. The number of hydrogen-bond acceptors (Lipinski definition) is 1. The quantitative estimate of drug-likeness (QED) is 0.237. The minimum Gasteiger partial charge on any atom is -0.429 e. The highest BCUT2D eigenvalue weighted by atomic mass is 35.5. The minimum atomic E-state index is -3.56. The first-order valence-corrected chi connectivity index (χ1v) is 12.0. The fourth-order valence-electron chi connectivity index (χ4n) is 4.50. The predicted molar refractivity (Wildman–Crippen MR) is 127 cm³/mol. The fourth-order valence-corrected chi connectivity index (χ4v) is 4.61. The van der Waals surface area contributed by atoms with Gasteiger partial charge in [-0.1, -0.05) is 68.5 Å². The lowest BCUT2D eigenvalue weighted by atomic mass is 9.80. The van der Waals surface area contributed by atoms with Gasteiger partial charge in [-0.15, -0.1) is 0 Å². The highest BCUT2D eigenvalue weighted by Crippen LogP contribution is 2.35. The van der Waals surface area contributed by atoms with Crippen LogP contribution in [0.5, 0.6) is 5.75 Å². The first kappa shape index (κ1) is 24.6. The van der Waals surface area contributed by atoms with E-state index in [0.717, 1.165) is 42.4 Å². The van der Waals surface area contributed by atoms with Gasteiger partial charge in [-0.3, -0.25) is 0 Å². The zero-order valence-electron chi connectivity index (χ0n) is 19.0. The number of benzene rings is 3. The third kappa shape index (κ3) is 5.93. The van der Waals surface area contributed by atoms with Gasteiger partial charge in [-0.2, -0.15) is 8.78 Å². The van der Waals surface area contributed by atoms with Gasteiger partial charge in [0.15, 0.2) is 0 Å². The van der Waals surface area contributed by atoms with Crippen LogP contribution < -0.4 is 4.74 Å². The van der Waals surface area contributed by atoms with Crippen LogP contribution in [0.3, 0.4) is 0 Å². The van der Waals surface area contributed by atoms with Crippen molar-refractivity contribution in [3.63, 3.8) is 0 Å². The van der Waals surface area contributed by atoms with E-state index in [1.54, 1.807) is 12.1 Å². The van der Waals surface area contributed by atoms with Crippen LogP contribution in [0.2, 0.25) is 5.02 Å². The smallest absolute Gasteiger partial charge is 0.426 e. The summed E-state index contributed by atoms with van der Waals surface area (Å²) >= 11 is 5.50. The van der Waals surface area contributed by atoms with Crippen molar-refractivity contribution < 1.29 is 22.3 Å². The largest absolute Gasteiger partial charge is 0.429 e. The Balaban J connectivity index is 1.37. The number of halogens is 5. The number of aryl methyl sites for hydroxylation is 1. The Kier molecular flexibility index (Phi) is 7.51. The molecule has 0 atom stereocenters. The lowest BCUT2D eigenvalue weighted by Crippen LogP contribution is -2.21. The Hall–Kier alpha value is -2.53. The van der Waals surface area contributed by atoms with Crippen LogP contribution in [0.25, 0.3) is 11.1 Å². The summed E-state index contributed by atoms with van der Waals surface area (Å²) in [5.74, 6) is -0.169. The summed E-state index contributed by atoms with van der Waals surface area (Å²) < 4.78 is 61.8. The molecule has 0 spiro atoms. The van der Waals surface area contributed by atoms with E-state index in [9.17, 15) is 17.6 Å². The van der Waals surface area contributed by atoms with E-state index in [-0.39, 0.29) is 16.9 Å². The van der Waals surface area contributed by atoms with Gasteiger partial charge >= 0.3 is 6.11 Å². The zero-order valence-corrected chi connectivity index (χ0v) is 19.7. The van der Waals surface area contributed by atoms with Crippen molar-refractivity contribution in [2.24, 2.45) is 11.8 Å². The molecule has 1 aliphatic rings. The van der Waals surface area contributed by atoms with Crippen LogP contribution in [0, 0.1) is 23.5 Å². The van der Waals surface area contributed by atoms with Gasteiger partial charge in [0.25, 0.3) is 0 Å². The van der Waals surface area contributed by atoms with Crippen LogP contribution in [-0.2, 0) is 12.5 Å². The molecule has 4 rings (SSSR count). The topological polar surface area (TPSA) is 9.23 Å². The average Bonchev–Trinajstić information content (AvgIpc) is 2.83. The third-order valence-corrected chi connectivity index (χ3v) is 7.05. The summed E-state index contributed by atoms with van der Waals surface area (Å²) in [5.41, 5.74) is 1.34. The molecule has 1 aliphatic carbocycles. The molecule has 0 radical (unpaired) electrons. The van der Waals surface area contributed by atoms with Crippen molar-refractivity contribution in [3.05, 3.63) is 88.4 Å². The molecule has 3 aromatic carbocycles. The van der Waals surface area contributed by atoms with Crippen molar-refractivity contribution >= 4 is 11.6 Å². The van der Waals surface area contributed by atoms with Crippen LogP contribution in [-0.4, -0.2) is 0 Å². The molecule has 0 unspecified atom stereocenters. The molecule has 0 aromatic heterocycles. The van der Waals surface area contributed by atoms with E-state index in [4.69, 9.17) is 16.3 Å². The van der Waals surface area contributed by atoms with E-state index in [2.05, 4.69) is 6.92 Å². The minimum absolute atomic E-state index is 0.0751. The molecule has 0 saturated heterocycles. The maximum absolute atomic E-state index is 14.7. The van der Waals surface area contributed by atoms with Crippen molar-refractivity contribution in [1.29, 1.82) is 0 Å². The van der Waals surface area contributed by atoms with E-state index in [0.29, 0.717) is 5.56 Å². The summed E-state index contributed by atoms with van der Waals surface area (Å²) in [6.45, 7) is 2.31. The summed E-state index contributed by atoms with van der Waals surface area (Å²) in [7, 11) is 0. The van der Waals surface area contributed by atoms with Gasteiger partial charge in [0, 0.05) is 0 Å². The highest BCUT2D eigenvalue weighted by Gasteiger charge is 2.34. The Labute approximate surface area is 202 Å². The van der Waals surface area contributed by atoms with E-state index in [1.807, 2.05) is 12.1 Å². The Morgan fingerprint density at radius 3 is 2.03 bits per heavy atom. The summed E-state index contributed by atoms with van der Waals surface area (Å²) in [6.07, 6.45) is 3.63. The molecule has 0 bridgehead atoms. The molecule has 3 aromatic rings. The van der Waals surface area contributed by atoms with Crippen LogP contribution in [0.4, 0.5) is 17.6 Å². The predicted octanol–water partition coefficient (Wildman–Crippen LogP) is 9.17. The van der Waals surface area contributed by atoms with Gasteiger partial charge < -0.3 is 4.74 Å². The van der Waals surface area contributed by atoms with Gasteiger partial charge in [0.05, 0.1) is 5.56 Å². The number of rotatable bonds is 7. The molecule has 0 N–H and O–H groups in total. The van der Waals surface area contributed by atoms with Crippen molar-refractivity contribution in [2.75, 3.05) is 0 Å². The number of hydrogen-bond donors (Lipinski definition) is 0. The van der Waals surface area contributed by atoms with Gasteiger partial charge in [-0.25, -0.2) is 8.78 Å². The molecular formula is C28H27ClF4O. The summed E-state index contributed by atoms with van der Waals surface area (Å²) in [4.78, 5) is 0. The van der Waals surface area contributed by atoms with Crippen LogP contribution in [0.15, 0.2) is 60.7 Å². The molecule has 34 heavy (non-hydrogen) atoms. The maximum Gasteiger partial charge on any atom is 0.426 e. The zero-order chi connectivity index (χ0) is 24.3. The van der Waals surface area contributed by atoms with Crippen molar-refractivity contribution in [2.45, 2.75) is 51.6 Å². The van der Waals surface area contributed by atoms with Gasteiger partial charge in [0.1, 0.15) is 22.4 Å². The van der Waals surface area contributed by atoms with Crippen LogP contribution in [0.1, 0.15) is 50.2 Å². The molecule has 1 fully saturated rings. The normalized spacial score (nSPS) is 18.6. The second kappa shape index (κ2) is 10.4.